The van der Waals surface area contributed by atoms with E-state index in [4.69, 9.17) is 14.2 Å². The summed E-state index contributed by atoms with van der Waals surface area (Å²) in [6.45, 7) is 12.6. The summed E-state index contributed by atoms with van der Waals surface area (Å²) in [7, 11) is 1.49. The van der Waals surface area contributed by atoms with Gasteiger partial charge in [0.1, 0.15) is 18.2 Å². The Morgan fingerprint density at radius 2 is 1.53 bits per heavy atom. The summed E-state index contributed by atoms with van der Waals surface area (Å²) in [6, 6.07) is 8.32. The molecule has 0 saturated heterocycles. The quantitative estimate of drug-likeness (QED) is 0.481. The first kappa shape index (κ1) is 25.5. The minimum atomic E-state index is -1.10. The number of carbonyl (C=O) groups excluding carboxylic acids is 3. The fourth-order valence-electron chi connectivity index (χ4n) is 2.57. The monoisotopic (exact) mass is 421 g/mol. The van der Waals surface area contributed by atoms with Gasteiger partial charge in [0.15, 0.2) is 6.10 Å². The molecule has 0 bridgehead atoms. The molecule has 1 aromatic carbocycles. The highest BCUT2D eigenvalue weighted by Crippen LogP contribution is 2.25. The van der Waals surface area contributed by atoms with E-state index < -0.39 is 35.8 Å². The normalized spacial score (nSPS) is 13.7. The van der Waals surface area contributed by atoms with Gasteiger partial charge in [-0.25, -0.2) is 14.4 Å². The third kappa shape index (κ3) is 9.29. The first-order chi connectivity index (χ1) is 13.7. The van der Waals surface area contributed by atoms with Crippen molar-refractivity contribution < 1.29 is 28.6 Å². The van der Waals surface area contributed by atoms with Crippen LogP contribution in [0.5, 0.6) is 0 Å². The zero-order chi connectivity index (χ0) is 23.1. The molecule has 0 heterocycles. The number of hydrogen-bond acceptors (Lipinski definition) is 6. The average molecular weight is 422 g/mol. The Labute approximate surface area is 179 Å². The first-order valence-electron chi connectivity index (χ1n) is 10.1. The zero-order valence-corrected chi connectivity index (χ0v) is 19.4. The maximum Gasteiger partial charge on any atom is 0.410 e. The third-order valence-electron chi connectivity index (χ3n) is 4.08. The van der Waals surface area contributed by atoms with Gasteiger partial charge in [0, 0.05) is 7.05 Å². The van der Waals surface area contributed by atoms with E-state index in [0.29, 0.717) is 6.42 Å². The fourth-order valence-corrected chi connectivity index (χ4v) is 2.57. The van der Waals surface area contributed by atoms with Gasteiger partial charge in [-0.1, -0.05) is 51.1 Å². The molecule has 0 saturated carbocycles. The molecular formula is C23H35NO6. The van der Waals surface area contributed by atoms with Gasteiger partial charge in [0.2, 0.25) is 0 Å². The molecule has 168 valence electrons. The van der Waals surface area contributed by atoms with Gasteiger partial charge in [-0.3, -0.25) is 4.90 Å². The molecule has 1 rings (SSSR count). The average Bonchev–Trinajstić information content (AvgIpc) is 2.62. The predicted molar refractivity (Wildman–Crippen MR) is 114 cm³/mol. The van der Waals surface area contributed by atoms with Crippen molar-refractivity contribution in [2.75, 3.05) is 7.05 Å². The summed E-state index contributed by atoms with van der Waals surface area (Å²) >= 11 is 0. The summed E-state index contributed by atoms with van der Waals surface area (Å²) in [5, 5.41) is 0. The standard InChI is InChI=1S/C23H35NO6/c1-16(19(25)28-15-17-12-10-9-11-13-17)29-20(26)18(14-22(2,3)4)24(8)21(27)30-23(5,6)7/h9-13,16,18H,14-15H2,1-8H3. The molecule has 0 aliphatic heterocycles. The van der Waals surface area contributed by atoms with Crippen LogP contribution in [-0.2, 0) is 30.4 Å². The lowest BCUT2D eigenvalue weighted by Crippen LogP contribution is -2.48. The van der Waals surface area contributed by atoms with E-state index in [9.17, 15) is 14.4 Å². The van der Waals surface area contributed by atoms with E-state index >= 15 is 0 Å². The van der Waals surface area contributed by atoms with Crippen LogP contribution in [0.15, 0.2) is 30.3 Å². The van der Waals surface area contributed by atoms with Crippen LogP contribution in [0.25, 0.3) is 0 Å². The number of ether oxygens (including phenoxy) is 3. The van der Waals surface area contributed by atoms with Gasteiger partial charge in [0.25, 0.3) is 0 Å². The Bertz CT molecular complexity index is 717. The number of benzene rings is 1. The van der Waals surface area contributed by atoms with Crippen LogP contribution in [0.2, 0.25) is 0 Å². The number of esters is 2. The lowest BCUT2D eigenvalue weighted by atomic mass is 9.87. The van der Waals surface area contributed by atoms with Gasteiger partial charge in [-0.2, -0.15) is 0 Å². The molecule has 0 radical (unpaired) electrons. The Morgan fingerprint density at radius 3 is 2.03 bits per heavy atom. The van der Waals surface area contributed by atoms with Crippen LogP contribution in [-0.4, -0.2) is 47.7 Å². The van der Waals surface area contributed by atoms with Gasteiger partial charge < -0.3 is 14.2 Å². The number of amides is 1. The van der Waals surface area contributed by atoms with E-state index in [1.165, 1.54) is 18.9 Å². The fraction of sp³-hybridized carbons (Fsp3) is 0.609. The van der Waals surface area contributed by atoms with Crippen LogP contribution in [0.4, 0.5) is 4.79 Å². The van der Waals surface area contributed by atoms with Crippen molar-refractivity contribution >= 4 is 18.0 Å². The molecule has 0 aliphatic rings. The van der Waals surface area contributed by atoms with E-state index in [0.717, 1.165) is 5.56 Å². The van der Waals surface area contributed by atoms with Crippen LogP contribution in [0.3, 0.4) is 0 Å². The Morgan fingerprint density at radius 1 is 0.967 bits per heavy atom. The number of nitrogens with zero attached hydrogens (tertiary/aromatic N) is 1. The van der Waals surface area contributed by atoms with Crippen LogP contribution >= 0.6 is 0 Å². The largest absolute Gasteiger partial charge is 0.458 e. The smallest absolute Gasteiger partial charge is 0.410 e. The second-order valence-electron chi connectivity index (χ2n) is 9.54. The predicted octanol–water partition coefficient (Wildman–Crippen LogP) is 4.33. The van der Waals surface area contributed by atoms with Crippen LogP contribution < -0.4 is 0 Å². The van der Waals surface area contributed by atoms with E-state index in [2.05, 4.69) is 0 Å². The van der Waals surface area contributed by atoms with Crippen molar-refractivity contribution in [1.82, 2.24) is 4.90 Å². The second kappa shape index (κ2) is 10.5. The highest BCUT2D eigenvalue weighted by Gasteiger charge is 2.36. The number of hydrogen-bond donors (Lipinski definition) is 0. The summed E-state index contributed by atoms with van der Waals surface area (Å²) < 4.78 is 15.9. The van der Waals surface area contributed by atoms with Crippen molar-refractivity contribution in [3.05, 3.63) is 35.9 Å². The summed E-state index contributed by atoms with van der Waals surface area (Å²) in [5.74, 6) is -1.33. The van der Waals surface area contributed by atoms with Crippen LogP contribution in [0, 0.1) is 5.41 Å². The highest BCUT2D eigenvalue weighted by atomic mass is 16.6. The SMILES string of the molecule is CC(OC(=O)C(CC(C)(C)C)N(C)C(=O)OC(C)(C)C)C(=O)OCc1ccccc1. The second-order valence-corrected chi connectivity index (χ2v) is 9.54. The lowest BCUT2D eigenvalue weighted by Gasteiger charge is -2.33. The van der Waals surface area contributed by atoms with Crippen molar-refractivity contribution in [1.29, 1.82) is 0 Å². The first-order valence-corrected chi connectivity index (χ1v) is 10.1. The Hall–Kier alpha value is -2.57. The summed E-state index contributed by atoms with van der Waals surface area (Å²) in [6.07, 6.45) is -1.39. The highest BCUT2D eigenvalue weighted by molar-refractivity contribution is 5.84. The molecule has 7 heteroatoms. The number of rotatable bonds is 7. The molecule has 0 N–H and O–H groups in total. The zero-order valence-electron chi connectivity index (χ0n) is 19.4. The van der Waals surface area contributed by atoms with Crippen molar-refractivity contribution in [2.24, 2.45) is 5.41 Å². The number of likely N-dealkylation sites (N-methyl/N-ethyl adjacent to an activating group) is 1. The molecule has 1 amide bonds. The van der Waals surface area contributed by atoms with E-state index in [-0.39, 0.29) is 12.0 Å². The van der Waals surface area contributed by atoms with E-state index in [1.54, 1.807) is 20.8 Å². The topological polar surface area (TPSA) is 82.1 Å². The molecule has 30 heavy (non-hydrogen) atoms. The molecule has 1 aromatic rings. The molecule has 0 aliphatic carbocycles. The maximum atomic E-state index is 12.8. The molecule has 0 spiro atoms. The minimum Gasteiger partial charge on any atom is -0.458 e. The molecule has 0 aromatic heterocycles. The molecule has 2 atom stereocenters. The summed E-state index contributed by atoms with van der Waals surface area (Å²) in [5.41, 5.74) is -0.132. The molecule has 2 unspecified atom stereocenters. The molecular weight excluding hydrogens is 386 g/mol. The lowest BCUT2D eigenvalue weighted by molar-refractivity contribution is -0.170. The van der Waals surface area contributed by atoms with Crippen molar-refractivity contribution in [3.63, 3.8) is 0 Å². The molecule has 7 nitrogen and oxygen atoms in total. The van der Waals surface area contributed by atoms with Crippen molar-refractivity contribution in [3.8, 4) is 0 Å². The van der Waals surface area contributed by atoms with E-state index in [1.807, 2.05) is 51.1 Å². The van der Waals surface area contributed by atoms with Gasteiger partial charge in [-0.05, 0) is 45.1 Å². The van der Waals surface area contributed by atoms with Gasteiger partial charge in [0.05, 0.1) is 0 Å². The molecule has 0 fully saturated rings. The Kier molecular flexibility index (Phi) is 8.88. The summed E-state index contributed by atoms with van der Waals surface area (Å²) in [4.78, 5) is 38.8. The third-order valence-corrected chi connectivity index (χ3v) is 4.08. The number of carbonyl (C=O) groups is 3. The van der Waals surface area contributed by atoms with Crippen molar-refractivity contribution in [2.45, 2.75) is 79.2 Å². The Balaban J connectivity index is 2.80. The van der Waals surface area contributed by atoms with Crippen LogP contribution in [0.1, 0.15) is 60.5 Å². The van der Waals surface area contributed by atoms with Gasteiger partial charge >= 0.3 is 18.0 Å². The maximum absolute atomic E-state index is 12.8. The minimum absolute atomic E-state index is 0.0881. The van der Waals surface area contributed by atoms with Gasteiger partial charge in [-0.15, -0.1) is 0 Å².